The number of benzene rings is 1. The van der Waals surface area contributed by atoms with Crippen LogP contribution >= 0.6 is 11.8 Å². The van der Waals surface area contributed by atoms with Gasteiger partial charge in [0.05, 0.1) is 4.87 Å². The maximum absolute atomic E-state index is 12.5. The second kappa shape index (κ2) is 5.70. The van der Waals surface area contributed by atoms with Crippen LogP contribution in [0.2, 0.25) is 0 Å². The topological polar surface area (TPSA) is 66.5 Å². The van der Waals surface area contributed by atoms with E-state index in [9.17, 15) is 13.8 Å². The van der Waals surface area contributed by atoms with Crippen LogP contribution in [0.15, 0.2) is 29.2 Å². The van der Waals surface area contributed by atoms with Crippen molar-refractivity contribution in [2.24, 2.45) is 0 Å². The number of fused-ring (bicyclic) bond motifs is 1. The molecule has 2 heterocycles. The highest BCUT2D eigenvalue weighted by atomic mass is 32.2. The number of hydrogen-bond acceptors (Lipinski definition) is 4. The molecule has 22 heavy (non-hydrogen) atoms. The summed E-state index contributed by atoms with van der Waals surface area (Å²) >= 11 is 1.68. The maximum atomic E-state index is 12.5. The Morgan fingerprint density at radius 2 is 2.09 bits per heavy atom. The van der Waals surface area contributed by atoms with Gasteiger partial charge in [-0.25, -0.2) is 0 Å². The van der Waals surface area contributed by atoms with Crippen molar-refractivity contribution in [1.82, 2.24) is 4.90 Å². The molecule has 3 atom stereocenters. The lowest BCUT2D eigenvalue weighted by Gasteiger charge is -2.29. The average molecular weight is 338 g/mol. The Morgan fingerprint density at radius 3 is 2.73 bits per heavy atom. The number of anilines is 1. The molecule has 0 aliphatic carbocycles. The molecule has 0 saturated carbocycles. The third-order valence-corrected chi connectivity index (χ3v) is 6.64. The van der Waals surface area contributed by atoms with Crippen LogP contribution in [0.4, 0.5) is 5.69 Å². The van der Waals surface area contributed by atoms with Crippen molar-refractivity contribution >= 4 is 40.1 Å². The summed E-state index contributed by atoms with van der Waals surface area (Å²) in [6.07, 6.45) is 2.94. The molecule has 7 heteroatoms. The predicted octanol–water partition coefficient (Wildman–Crippen LogP) is 1.82. The van der Waals surface area contributed by atoms with E-state index in [1.807, 2.05) is 6.92 Å². The first kappa shape index (κ1) is 15.6. The Hall–Kier alpha value is -1.34. The standard InChI is InChI=1S/C15H18N2O3S2/c1-15-8-7-13(18)17(15)12(9-21-15)14(19)16-10-3-5-11(6-4-10)22(2)20/h3-6,12H,7-9H2,1-2H3,(H,16,19)/t12-,15+,22-/m0/s1. The van der Waals surface area contributed by atoms with Gasteiger partial charge in [0.25, 0.3) is 0 Å². The number of carbonyl (C=O) groups excluding carboxylic acids is 2. The summed E-state index contributed by atoms with van der Waals surface area (Å²) in [4.78, 5) is 26.8. The fourth-order valence-corrected chi connectivity index (χ4v) is 4.92. The number of carbonyl (C=O) groups is 2. The first-order valence-electron chi connectivity index (χ1n) is 7.11. The zero-order valence-electron chi connectivity index (χ0n) is 12.5. The SMILES string of the molecule is C[S@](=O)c1ccc(NC(=O)[C@@H]2CS[C@]3(C)CCC(=O)N23)cc1. The Kier molecular flexibility index (Phi) is 4.03. The lowest BCUT2D eigenvalue weighted by atomic mass is 10.2. The van der Waals surface area contributed by atoms with Crippen molar-refractivity contribution in [3.8, 4) is 0 Å². The van der Waals surface area contributed by atoms with Crippen LogP contribution in [-0.2, 0) is 20.4 Å². The smallest absolute Gasteiger partial charge is 0.248 e. The van der Waals surface area contributed by atoms with Gasteiger partial charge >= 0.3 is 0 Å². The highest BCUT2D eigenvalue weighted by Crippen LogP contribution is 2.47. The van der Waals surface area contributed by atoms with Gasteiger partial charge in [-0.05, 0) is 37.6 Å². The van der Waals surface area contributed by atoms with Gasteiger partial charge in [0.1, 0.15) is 6.04 Å². The van der Waals surface area contributed by atoms with Crippen LogP contribution in [0.5, 0.6) is 0 Å². The monoisotopic (exact) mass is 338 g/mol. The predicted molar refractivity (Wildman–Crippen MR) is 88.1 cm³/mol. The fourth-order valence-electron chi connectivity index (χ4n) is 2.97. The van der Waals surface area contributed by atoms with E-state index in [4.69, 9.17) is 0 Å². The summed E-state index contributed by atoms with van der Waals surface area (Å²) < 4.78 is 11.4. The summed E-state index contributed by atoms with van der Waals surface area (Å²) in [6, 6.07) is 6.54. The van der Waals surface area contributed by atoms with Gasteiger partial charge < -0.3 is 10.2 Å². The molecule has 2 amide bonds. The van der Waals surface area contributed by atoms with Crippen molar-refractivity contribution in [1.29, 1.82) is 0 Å². The molecule has 2 aliphatic heterocycles. The van der Waals surface area contributed by atoms with Crippen molar-refractivity contribution in [2.45, 2.75) is 35.6 Å². The summed E-state index contributed by atoms with van der Waals surface area (Å²) in [6.45, 7) is 2.03. The van der Waals surface area contributed by atoms with E-state index in [0.717, 1.165) is 11.3 Å². The third kappa shape index (κ3) is 2.67. The van der Waals surface area contributed by atoms with Gasteiger partial charge in [-0.1, -0.05) is 0 Å². The Morgan fingerprint density at radius 1 is 1.41 bits per heavy atom. The minimum absolute atomic E-state index is 0.0596. The molecule has 0 bridgehead atoms. The van der Waals surface area contributed by atoms with Crippen molar-refractivity contribution in [3.05, 3.63) is 24.3 Å². The normalized spacial score (nSPS) is 28.5. The molecule has 3 rings (SSSR count). The highest BCUT2D eigenvalue weighted by Gasteiger charge is 2.52. The number of hydrogen-bond donors (Lipinski definition) is 1. The van der Waals surface area contributed by atoms with Gasteiger partial charge in [0.2, 0.25) is 11.8 Å². The molecule has 0 spiro atoms. The number of nitrogens with one attached hydrogen (secondary N) is 1. The number of rotatable bonds is 3. The lowest BCUT2D eigenvalue weighted by Crippen LogP contribution is -2.48. The maximum Gasteiger partial charge on any atom is 0.248 e. The molecule has 1 aromatic carbocycles. The van der Waals surface area contributed by atoms with E-state index in [-0.39, 0.29) is 16.7 Å². The molecule has 2 saturated heterocycles. The second-order valence-electron chi connectivity index (χ2n) is 5.73. The largest absolute Gasteiger partial charge is 0.324 e. The van der Waals surface area contributed by atoms with E-state index in [1.54, 1.807) is 47.2 Å². The Balaban J connectivity index is 1.72. The Bertz CT molecular complexity index is 647. The van der Waals surface area contributed by atoms with Crippen molar-refractivity contribution < 1.29 is 13.8 Å². The first-order chi connectivity index (χ1) is 10.4. The van der Waals surface area contributed by atoms with E-state index in [1.165, 1.54) is 0 Å². The number of thioether (sulfide) groups is 1. The molecular weight excluding hydrogens is 320 g/mol. The quantitative estimate of drug-likeness (QED) is 0.913. The Labute approximate surface area is 136 Å². The summed E-state index contributed by atoms with van der Waals surface area (Å²) in [5, 5.41) is 2.86. The molecular formula is C15H18N2O3S2. The van der Waals surface area contributed by atoms with E-state index >= 15 is 0 Å². The van der Waals surface area contributed by atoms with Crippen LogP contribution in [0.3, 0.4) is 0 Å². The second-order valence-corrected chi connectivity index (χ2v) is 8.61. The summed E-state index contributed by atoms with van der Waals surface area (Å²) in [7, 11) is -1.03. The molecule has 118 valence electrons. The van der Waals surface area contributed by atoms with E-state index < -0.39 is 16.8 Å². The molecule has 2 fully saturated rings. The van der Waals surface area contributed by atoms with Gasteiger partial charge in [0.15, 0.2) is 0 Å². The number of nitrogens with zero attached hydrogens (tertiary/aromatic N) is 1. The van der Waals surface area contributed by atoms with Crippen LogP contribution < -0.4 is 5.32 Å². The summed E-state index contributed by atoms with van der Waals surface area (Å²) in [5.74, 6) is 0.534. The van der Waals surface area contributed by atoms with Crippen molar-refractivity contribution in [2.75, 3.05) is 17.3 Å². The van der Waals surface area contributed by atoms with Crippen LogP contribution in [0.1, 0.15) is 19.8 Å². The minimum atomic E-state index is -1.03. The zero-order valence-corrected chi connectivity index (χ0v) is 14.1. The summed E-state index contributed by atoms with van der Waals surface area (Å²) in [5.41, 5.74) is 0.657. The van der Waals surface area contributed by atoms with Crippen LogP contribution in [-0.4, -0.2) is 43.8 Å². The first-order valence-corrected chi connectivity index (χ1v) is 9.65. The highest BCUT2D eigenvalue weighted by molar-refractivity contribution is 8.01. The third-order valence-electron chi connectivity index (χ3n) is 4.20. The van der Waals surface area contributed by atoms with Gasteiger partial charge in [-0.15, -0.1) is 11.8 Å². The molecule has 1 N–H and O–H groups in total. The van der Waals surface area contributed by atoms with Crippen LogP contribution in [0.25, 0.3) is 0 Å². The molecule has 0 radical (unpaired) electrons. The molecule has 5 nitrogen and oxygen atoms in total. The number of amides is 2. The lowest BCUT2D eigenvalue weighted by molar-refractivity contribution is -0.135. The van der Waals surface area contributed by atoms with Gasteiger partial charge in [-0.2, -0.15) is 0 Å². The molecule has 0 unspecified atom stereocenters. The fraction of sp³-hybridized carbons (Fsp3) is 0.467. The average Bonchev–Trinajstić information content (AvgIpc) is 2.97. The molecule has 0 aromatic heterocycles. The minimum Gasteiger partial charge on any atom is -0.324 e. The van der Waals surface area contributed by atoms with Gasteiger partial charge in [-0.3, -0.25) is 13.8 Å². The molecule has 2 aliphatic rings. The van der Waals surface area contributed by atoms with Crippen molar-refractivity contribution in [3.63, 3.8) is 0 Å². The van der Waals surface area contributed by atoms with Gasteiger partial charge in [0, 0.05) is 39.8 Å². The van der Waals surface area contributed by atoms with E-state index in [0.29, 0.717) is 17.9 Å². The van der Waals surface area contributed by atoms with Crippen LogP contribution in [0, 0.1) is 0 Å². The molecule has 1 aromatic rings. The zero-order chi connectivity index (χ0) is 15.9. The van der Waals surface area contributed by atoms with E-state index in [2.05, 4.69) is 5.32 Å².